The highest BCUT2D eigenvalue weighted by molar-refractivity contribution is 5.82. The van der Waals surface area contributed by atoms with E-state index in [9.17, 15) is 9.59 Å². The van der Waals surface area contributed by atoms with Gasteiger partial charge in [-0.25, -0.2) is 4.79 Å². The van der Waals surface area contributed by atoms with Crippen LogP contribution in [0.4, 0.5) is 4.79 Å². The molecule has 1 aliphatic heterocycles. The smallest absolute Gasteiger partial charge is 0.410 e. The van der Waals surface area contributed by atoms with Gasteiger partial charge in [0, 0.05) is 25.7 Å². The summed E-state index contributed by atoms with van der Waals surface area (Å²) >= 11 is 0. The number of hydrogen-bond acceptors (Lipinski definition) is 4. The first-order chi connectivity index (χ1) is 11.4. The Morgan fingerprint density at radius 1 is 1.16 bits per heavy atom. The lowest BCUT2D eigenvalue weighted by atomic mass is 9.95. The summed E-state index contributed by atoms with van der Waals surface area (Å²) in [5, 5.41) is 0. The van der Waals surface area contributed by atoms with Gasteiger partial charge in [-0.2, -0.15) is 0 Å². The fraction of sp³-hybridized carbons (Fsp3) is 0.895. The van der Waals surface area contributed by atoms with Gasteiger partial charge in [0.15, 0.2) is 0 Å². The standard InChI is InChI=1S/C19H37N3O3/c1-13(2)16(20)17(23)22(14(3)4)12-15-8-10-21(11-9-15)18(24)25-19(5,6)7/h13-16H,8-12,20H2,1-7H3. The van der Waals surface area contributed by atoms with E-state index in [2.05, 4.69) is 0 Å². The van der Waals surface area contributed by atoms with Gasteiger partial charge in [0.2, 0.25) is 5.91 Å². The Labute approximate surface area is 153 Å². The Morgan fingerprint density at radius 2 is 1.68 bits per heavy atom. The van der Waals surface area contributed by atoms with Crippen LogP contribution in [0, 0.1) is 11.8 Å². The van der Waals surface area contributed by atoms with E-state index in [4.69, 9.17) is 10.5 Å². The van der Waals surface area contributed by atoms with Crippen molar-refractivity contribution >= 4 is 12.0 Å². The Kier molecular flexibility index (Phi) is 7.72. The van der Waals surface area contributed by atoms with Crippen LogP contribution in [0.25, 0.3) is 0 Å². The first-order valence-corrected chi connectivity index (χ1v) is 9.46. The van der Waals surface area contributed by atoms with Crippen molar-refractivity contribution in [3.63, 3.8) is 0 Å². The van der Waals surface area contributed by atoms with Crippen molar-refractivity contribution in [3.8, 4) is 0 Å². The second-order valence-electron chi connectivity index (χ2n) is 8.76. The molecule has 0 radical (unpaired) electrons. The van der Waals surface area contributed by atoms with Gasteiger partial charge in [0.25, 0.3) is 0 Å². The number of nitrogens with two attached hydrogens (primary N) is 1. The van der Waals surface area contributed by atoms with Crippen molar-refractivity contribution in [1.82, 2.24) is 9.80 Å². The molecule has 0 aliphatic carbocycles. The summed E-state index contributed by atoms with van der Waals surface area (Å²) in [5.41, 5.74) is 5.59. The predicted octanol–water partition coefficient (Wildman–Crippen LogP) is 2.85. The number of nitrogens with zero attached hydrogens (tertiary/aromatic N) is 2. The molecule has 1 saturated heterocycles. The van der Waals surface area contributed by atoms with Crippen molar-refractivity contribution < 1.29 is 14.3 Å². The van der Waals surface area contributed by atoms with Gasteiger partial charge >= 0.3 is 6.09 Å². The van der Waals surface area contributed by atoms with Crippen LogP contribution in [-0.2, 0) is 9.53 Å². The van der Waals surface area contributed by atoms with E-state index in [1.54, 1.807) is 4.90 Å². The molecule has 1 atom stereocenters. The lowest BCUT2D eigenvalue weighted by Gasteiger charge is -2.38. The fourth-order valence-electron chi connectivity index (χ4n) is 2.93. The van der Waals surface area contributed by atoms with E-state index in [-0.39, 0.29) is 24.0 Å². The quantitative estimate of drug-likeness (QED) is 0.823. The third-order valence-corrected chi connectivity index (χ3v) is 4.63. The molecule has 1 rings (SSSR count). The first kappa shape index (κ1) is 21.7. The number of rotatable bonds is 5. The molecule has 1 fully saturated rings. The number of piperidine rings is 1. The molecule has 25 heavy (non-hydrogen) atoms. The Hall–Kier alpha value is -1.30. The third kappa shape index (κ3) is 6.84. The molecule has 2 amide bonds. The van der Waals surface area contributed by atoms with Crippen molar-refractivity contribution in [2.75, 3.05) is 19.6 Å². The maximum atomic E-state index is 12.6. The van der Waals surface area contributed by atoms with E-state index in [0.29, 0.717) is 25.6 Å². The predicted molar refractivity (Wildman–Crippen MR) is 100 cm³/mol. The van der Waals surface area contributed by atoms with Gasteiger partial charge in [-0.15, -0.1) is 0 Å². The summed E-state index contributed by atoms with van der Waals surface area (Å²) in [6.45, 7) is 15.7. The Bertz CT molecular complexity index is 449. The average Bonchev–Trinajstić information content (AvgIpc) is 2.49. The van der Waals surface area contributed by atoms with Gasteiger partial charge in [-0.3, -0.25) is 4.79 Å². The molecule has 0 bridgehead atoms. The van der Waals surface area contributed by atoms with Gasteiger partial charge in [-0.1, -0.05) is 13.8 Å². The molecule has 0 aromatic carbocycles. The Morgan fingerprint density at radius 3 is 2.08 bits per heavy atom. The molecule has 146 valence electrons. The van der Waals surface area contributed by atoms with Crippen molar-refractivity contribution in [2.24, 2.45) is 17.6 Å². The van der Waals surface area contributed by atoms with E-state index in [0.717, 1.165) is 12.8 Å². The fourth-order valence-corrected chi connectivity index (χ4v) is 2.93. The lowest BCUT2D eigenvalue weighted by Crippen LogP contribution is -2.52. The number of ether oxygens (including phenoxy) is 1. The molecule has 0 spiro atoms. The summed E-state index contributed by atoms with van der Waals surface area (Å²) < 4.78 is 5.43. The summed E-state index contributed by atoms with van der Waals surface area (Å²) in [7, 11) is 0. The molecular formula is C19H37N3O3. The summed E-state index contributed by atoms with van der Waals surface area (Å²) in [4.78, 5) is 28.5. The summed E-state index contributed by atoms with van der Waals surface area (Å²) in [6.07, 6.45) is 1.52. The highest BCUT2D eigenvalue weighted by atomic mass is 16.6. The maximum Gasteiger partial charge on any atom is 0.410 e. The molecular weight excluding hydrogens is 318 g/mol. The van der Waals surface area contributed by atoms with Crippen LogP contribution >= 0.6 is 0 Å². The highest BCUT2D eigenvalue weighted by Gasteiger charge is 2.31. The number of likely N-dealkylation sites (tertiary alicyclic amines) is 1. The molecule has 1 heterocycles. The van der Waals surface area contributed by atoms with E-state index in [1.165, 1.54) is 0 Å². The second kappa shape index (κ2) is 8.88. The zero-order valence-corrected chi connectivity index (χ0v) is 17.0. The topological polar surface area (TPSA) is 75.9 Å². The minimum Gasteiger partial charge on any atom is -0.444 e. The monoisotopic (exact) mass is 355 g/mol. The molecule has 0 aromatic heterocycles. The number of carbonyl (C=O) groups is 2. The van der Waals surface area contributed by atoms with Crippen molar-refractivity contribution in [3.05, 3.63) is 0 Å². The minimum absolute atomic E-state index is 0.0274. The summed E-state index contributed by atoms with van der Waals surface area (Å²) in [5.74, 6) is 0.548. The normalized spacial score (nSPS) is 17.8. The van der Waals surface area contributed by atoms with Gasteiger partial charge in [0.05, 0.1) is 6.04 Å². The maximum absolute atomic E-state index is 12.6. The molecule has 1 unspecified atom stereocenters. The van der Waals surface area contributed by atoms with Crippen molar-refractivity contribution in [1.29, 1.82) is 0 Å². The Balaban J connectivity index is 2.58. The number of carbonyl (C=O) groups excluding carboxylic acids is 2. The molecule has 1 aliphatic rings. The van der Waals surface area contributed by atoms with Crippen LogP contribution in [0.15, 0.2) is 0 Å². The largest absolute Gasteiger partial charge is 0.444 e. The SMILES string of the molecule is CC(C)C(N)C(=O)N(CC1CCN(C(=O)OC(C)(C)C)CC1)C(C)C. The second-order valence-corrected chi connectivity index (χ2v) is 8.76. The minimum atomic E-state index is -0.470. The van der Waals surface area contributed by atoms with E-state index in [1.807, 2.05) is 53.4 Å². The van der Waals surface area contributed by atoms with E-state index < -0.39 is 11.6 Å². The highest BCUT2D eigenvalue weighted by Crippen LogP contribution is 2.22. The molecule has 6 heteroatoms. The van der Waals surface area contributed by atoms with E-state index >= 15 is 0 Å². The van der Waals surface area contributed by atoms with Crippen LogP contribution in [0.1, 0.15) is 61.3 Å². The number of amides is 2. The van der Waals surface area contributed by atoms with Crippen LogP contribution in [0.3, 0.4) is 0 Å². The molecule has 0 aromatic rings. The average molecular weight is 356 g/mol. The van der Waals surface area contributed by atoms with Gasteiger partial charge in [-0.05, 0) is 59.3 Å². The van der Waals surface area contributed by atoms with Crippen LogP contribution < -0.4 is 5.73 Å². The first-order valence-electron chi connectivity index (χ1n) is 9.46. The van der Waals surface area contributed by atoms with Crippen molar-refractivity contribution in [2.45, 2.75) is 79.0 Å². The summed E-state index contributed by atoms with van der Waals surface area (Å²) in [6, 6.07) is -0.328. The van der Waals surface area contributed by atoms with Crippen LogP contribution in [-0.4, -0.2) is 59.1 Å². The lowest BCUT2D eigenvalue weighted by molar-refractivity contribution is -0.136. The molecule has 6 nitrogen and oxygen atoms in total. The zero-order chi connectivity index (χ0) is 19.4. The third-order valence-electron chi connectivity index (χ3n) is 4.63. The van der Waals surface area contributed by atoms with Crippen LogP contribution in [0.2, 0.25) is 0 Å². The zero-order valence-electron chi connectivity index (χ0n) is 17.0. The van der Waals surface area contributed by atoms with Gasteiger partial charge in [0.1, 0.15) is 5.60 Å². The number of hydrogen-bond donors (Lipinski definition) is 1. The van der Waals surface area contributed by atoms with Gasteiger partial charge < -0.3 is 20.3 Å². The van der Waals surface area contributed by atoms with Crippen LogP contribution in [0.5, 0.6) is 0 Å². The molecule has 0 saturated carbocycles. The molecule has 2 N–H and O–H groups in total.